The summed E-state index contributed by atoms with van der Waals surface area (Å²) in [6, 6.07) is 0. The molecule has 0 unspecified atom stereocenters. The van der Waals surface area contributed by atoms with E-state index in [1.807, 2.05) is 0 Å². The maximum absolute atomic E-state index is 8.67. The second-order valence-electron chi connectivity index (χ2n) is 2.25. The van der Waals surface area contributed by atoms with Gasteiger partial charge in [0, 0.05) is 0 Å². The molecule has 0 atom stereocenters. The summed E-state index contributed by atoms with van der Waals surface area (Å²) >= 11 is 0. The van der Waals surface area contributed by atoms with Crippen molar-refractivity contribution in [2.24, 2.45) is 5.73 Å². The monoisotopic (exact) mass is 173 g/mol. The van der Waals surface area contributed by atoms with Gasteiger partial charge < -0.3 is 22.1 Å². The first kappa shape index (κ1) is 18.6. The van der Waals surface area contributed by atoms with E-state index < -0.39 is 6.09 Å². The number of hydrogen-bond donors (Lipinski definition) is 1. The molecule has 0 aromatic heterocycles. The van der Waals surface area contributed by atoms with Crippen molar-refractivity contribution in [1.29, 1.82) is 0 Å². The fourth-order valence-corrected chi connectivity index (χ4v) is 0.898. The number of carbonyl (C=O) groups excluding carboxylic acids is 1. The van der Waals surface area contributed by atoms with Gasteiger partial charge in [0.1, 0.15) is 6.09 Å². The van der Waals surface area contributed by atoms with Crippen LogP contribution in [0.25, 0.3) is 0 Å². The zero-order valence-corrected chi connectivity index (χ0v) is 10.0. The molecule has 2 N–H and O–H groups in total. The molecule has 12 heavy (non-hydrogen) atoms. The Morgan fingerprint density at radius 3 is 1.67 bits per heavy atom. The van der Waals surface area contributed by atoms with Gasteiger partial charge >= 0.3 is 48.4 Å². The van der Waals surface area contributed by atoms with Gasteiger partial charge in [0.05, 0.1) is 0 Å². The average Bonchev–Trinajstić information content (AvgIpc) is 1.90. The van der Waals surface area contributed by atoms with Gasteiger partial charge in [0.15, 0.2) is 0 Å². The molecule has 1 aliphatic carbocycles. The SMILES string of the molecule is NC(=O)[O-].[CH-]1CCCCC1.[Li+].[Na+]. The van der Waals surface area contributed by atoms with Gasteiger partial charge in [-0.3, -0.25) is 0 Å². The Hall–Kier alpha value is 0.867. The van der Waals surface area contributed by atoms with Crippen molar-refractivity contribution in [3.8, 4) is 0 Å². The fraction of sp³-hybridized carbons (Fsp3) is 0.714. The second-order valence-corrected chi connectivity index (χ2v) is 2.25. The molecule has 60 valence electrons. The standard InChI is InChI=1S/C6H11.CH3NO2.Li.Na/c1-2-4-6-5-3-1;2-1(3)4;;/h1H,2-6H2;2H2,(H,3,4);;/q-1;;2*+1/p-1. The molecule has 3 nitrogen and oxygen atoms in total. The number of rotatable bonds is 0. The van der Waals surface area contributed by atoms with Crippen LogP contribution in [0.3, 0.4) is 0 Å². The van der Waals surface area contributed by atoms with Crippen molar-refractivity contribution < 1.29 is 58.3 Å². The second kappa shape index (κ2) is 14.4. The molecule has 1 amide bonds. The van der Waals surface area contributed by atoms with Gasteiger partial charge in [-0.1, -0.05) is 19.3 Å². The van der Waals surface area contributed by atoms with Crippen LogP contribution in [0.2, 0.25) is 0 Å². The van der Waals surface area contributed by atoms with E-state index in [1.54, 1.807) is 0 Å². The summed E-state index contributed by atoms with van der Waals surface area (Å²) in [7, 11) is 0. The van der Waals surface area contributed by atoms with Gasteiger partial charge in [-0.05, 0) is 0 Å². The van der Waals surface area contributed by atoms with Crippen molar-refractivity contribution in [1.82, 2.24) is 0 Å². The van der Waals surface area contributed by atoms with Crippen molar-refractivity contribution >= 4 is 6.09 Å². The third-order valence-electron chi connectivity index (χ3n) is 1.32. The van der Waals surface area contributed by atoms with Crippen LogP contribution >= 0.6 is 0 Å². The minimum atomic E-state index is -1.58. The number of hydrogen-bond acceptors (Lipinski definition) is 2. The number of carbonyl (C=O) groups is 1. The Labute approximate surface area is 108 Å². The molecular weight excluding hydrogens is 160 g/mol. The third kappa shape index (κ3) is 22.4. The van der Waals surface area contributed by atoms with E-state index in [0.717, 1.165) is 0 Å². The molecule has 1 fully saturated rings. The van der Waals surface area contributed by atoms with E-state index in [4.69, 9.17) is 9.90 Å². The van der Waals surface area contributed by atoms with Gasteiger partial charge in [0.25, 0.3) is 0 Å². The van der Waals surface area contributed by atoms with Crippen LogP contribution < -0.4 is 59.3 Å². The topological polar surface area (TPSA) is 66.2 Å². The summed E-state index contributed by atoms with van der Waals surface area (Å²) in [6.07, 6.45) is 7.92. The molecular formula is C7H13LiNNaO2. The fourth-order valence-electron chi connectivity index (χ4n) is 0.898. The molecule has 0 aliphatic heterocycles. The van der Waals surface area contributed by atoms with E-state index in [1.165, 1.54) is 32.1 Å². The predicted octanol–water partition coefficient (Wildman–Crippen LogP) is -5.55. The maximum Gasteiger partial charge on any atom is 1.00 e. The minimum Gasteiger partial charge on any atom is -0.530 e. The van der Waals surface area contributed by atoms with Crippen LogP contribution in [-0.4, -0.2) is 6.09 Å². The van der Waals surface area contributed by atoms with Gasteiger partial charge in [-0.25, -0.2) is 0 Å². The molecule has 0 saturated heterocycles. The summed E-state index contributed by atoms with van der Waals surface area (Å²) in [5.41, 5.74) is 3.92. The van der Waals surface area contributed by atoms with E-state index in [9.17, 15) is 0 Å². The normalized spacial score (nSPS) is 14.0. The van der Waals surface area contributed by atoms with Crippen molar-refractivity contribution in [2.75, 3.05) is 0 Å². The van der Waals surface area contributed by atoms with Gasteiger partial charge in [0.2, 0.25) is 0 Å². The summed E-state index contributed by atoms with van der Waals surface area (Å²) in [5, 5.41) is 8.67. The zero-order valence-electron chi connectivity index (χ0n) is 8.01. The number of primary amides is 1. The Kier molecular flexibility index (Phi) is 22.3. The molecule has 0 spiro atoms. The Morgan fingerprint density at radius 1 is 1.25 bits per heavy atom. The van der Waals surface area contributed by atoms with Crippen LogP contribution in [0.5, 0.6) is 0 Å². The summed E-state index contributed by atoms with van der Waals surface area (Å²) in [6.45, 7) is 0. The Bertz CT molecular complexity index is 83.9. The molecule has 0 radical (unpaired) electrons. The maximum atomic E-state index is 8.67. The average molecular weight is 173 g/mol. The molecule has 1 saturated carbocycles. The summed E-state index contributed by atoms with van der Waals surface area (Å²) in [4.78, 5) is 8.67. The summed E-state index contributed by atoms with van der Waals surface area (Å²) < 4.78 is 0. The first-order chi connectivity index (χ1) is 4.73. The zero-order chi connectivity index (χ0) is 7.82. The first-order valence-electron chi connectivity index (χ1n) is 3.51. The number of amides is 1. The van der Waals surface area contributed by atoms with Gasteiger partial charge in [-0.15, -0.1) is 0 Å². The first-order valence-corrected chi connectivity index (χ1v) is 3.51. The van der Waals surface area contributed by atoms with Crippen LogP contribution in [0, 0.1) is 6.42 Å². The van der Waals surface area contributed by atoms with Crippen molar-refractivity contribution in [2.45, 2.75) is 32.1 Å². The van der Waals surface area contributed by atoms with E-state index in [0.29, 0.717) is 0 Å². The third-order valence-corrected chi connectivity index (χ3v) is 1.32. The predicted molar refractivity (Wildman–Crippen MR) is 37.0 cm³/mol. The summed E-state index contributed by atoms with van der Waals surface area (Å²) in [5.74, 6) is 0. The molecule has 1 aliphatic rings. The molecule has 1 rings (SSSR count). The van der Waals surface area contributed by atoms with E-state index in [-0.39, 0.29) is 48.4 Å². The van der Waals surface area contributed by atoms with E-state index in [2.05, 4.69) is 12.2 Å². The van der Waals surface area contributed by atoms with Crippen LogP contribution in [-0.2, 0) is 0 Å². The quantitative estimate of drug-likeness (QED) is 0.293. The van der Waals surface area contributed by atoms with Crippen LogP contribution in [0.15, 0.2) is 0 Å². The molecule has 0 bridgehead atoms. The van der Waals surface area contributed by atoms with Gasteiger partial charge in [-0.2, -0.15) is 12.8 Å². The Balaban J connectivity index is -0.000000124. The van der Waals surface area contributed by atoms with Crippen LogP contribution in [0.4, 0.5) is 4.79 Å². The van der Waals surface area contributed by atoms with Crippen molar-refractivity contribution in [3.63, 3.8) is 0 Å². The van der Waals surface area contributed by atoms with E-state index >= 15 is 0 Å². The number of nitrogens with two attached hydrogens (primary N) is 1. The van der Waals surface area contributed by atoms with Crippen LogP contribution in [0.1, 0.15) is 32.1 Å². The van der Waals surface area contributed by atoms with Crippen molar-refractivity contribution in [3.05, 3.63) is 6.42 Å². The Morgan fingerprint density at radius 2 is 1.58 bits per heavy atom. The molecule has 5 heteroatoms. The molecule has 0 heterocycles. The minimum absolute atomic E-state index is 0. The molecule has 0 aromatic rings. The number of carboxylic acid groups (broad SMARTS) is 1. The molecule has 0 aromatic carbocycles. The largest absolute Gasteiger partial charge is 1.00 e. The smallest absolute Gasteiger partial charge is 0.530 e.